The highest BCUT2D eigenvalue weighted by Crippen LogP contribution is 2.25. The van der Waals surface area contributed by atoms with Crippen molar-refractivity contribution in [2.24, 2.45) is 0 Å². The molecule has 0 saturated carbocycles. The fourth-order valence-corrected chi connectivity index (χ4v) is 2.28. The van der Waals surface area contributed by atoms with Gasteiger partial charge >= 0.3 is 5.97 Å². The molecule has 0 saturated heterocycles. The second kappa shape index (κ2) is 8.16. The van der Waals surface area contributed by atoms with E-state index in [0.29, 0.717) is 12.0 Å². The van der Waals surface area contributed by atoms with Crippen molar-refractivity contribution < 1.29 is 30.0 Å². The monoisotopic (exact) mass is 345 g/mol. The Kier molecular flexibility index (Phi) is 5.97. The molecule has 0 aliphatic heterocycles. The summed E-state index contributed by atoms with van der Waals surface area (Å²) in [7, 11) is 0. The van der Waals surface area contributed by atoms with Crippen molar-refractivity contribution in [2.75, 3.05) is 0 Å². The van der Waals surface area contributed by atoms with Crippen LogP contribution in [0.5, 0.6) is 11.5 Å². The number of carbonyl (C=O) groups excluding carboxylic acids is 1. The number of carboxylic acid groups (broad SMARTS) is 1. The second-order valence-electron chi connectivity index (χ2n) is 5.63. The largest absolute Gasteiger partial charge is 0.504 e. The highest BCUT2D eigenvalue weighted by molar-refractivity contribution is 5.94. The van der Waals surface area contributed by atoms with Gasteiger partial charge in [0.25, 0.3) is 0 Å². The lowest BCUT2D eigenvalue weighted by Crippen LogP contribution is -2.40. The van der Waals surface area contributed by atoms with Gasteiger partial charge in [-0.2, -0.15) is 0 Å². The van der Waals surface area contributed by atoms with Gasteiger partial charge in [-0.3, -0.25) is 4.79 Å². The fourth-order valence-electron chi connectivity index (χ4n) is 2.28. The summed E-state index contributed by atoms with van der Waals surface area (Å²) >= 11 is 0. The van der Waals surface area contributed by atoms with Crippen LogP contribution in [0.1, 0.15) is 18.4 Å². The molecule has 7 nitrogen and oxygen atoms in total. The molecule has 0 fully saturated rings. The number of rotatable bonds is 6. The van der Waals surface area contributed by atoms with Crippen LogP contribution in [0, 0.1) is 0 Å². The molecular weight excluding hydrogens is 326 g/mol. The molecule has 1 aromatic rings. The minimum absolute atomic E-state index is 0.109. The molecule has 132 valence electrons. The van der Waals surface area contributed by atoms with Gasteiger partial charge in [-0.05, 0) is 35.8 Å². The molecular formula is C18H19NO6. The quantitative estimate of drug-likeness (QED) is 0.391. The van der Waals surface area contributed by atoms with E-state index in [9.17, 15) is 30.0 Å². The molecule has 1 amide bonds. The number of aliphatic carboxylic acids is 1. The SMILES string of the molecule is O=C(/C=C/c1ccc(O)c(O)c1)NC(CC1=CCC(O)C=C1)C(=O)O. The Morgan fingerprint density at radius 1 is 1.28 bits per heavy atom. The zero-order valence-corrected chi connectivity index (χ0v) is 13.3. The first-order chi connectivity index (χ1) is 11.8. The van der Waals surface area contributed by atoms with Crippen molar-refractivity contribution in [3.8, 4) is 11.5 Å². The van der Waals surface area contributed by atoms with Crippen LogP contribution < -0.4 is 5.32 Å². The van der Waals surface area contributed by atoms with Crippen LogP contribution in [0.4, 0.5) is 0 Å². The van der Waals surface area contributed by atoms with Crippen LogP contribution in [0.2, 0.25) is 0 Å². The lowest BCUT2D eigenvalue weighted by Gasteiger charge is -2.16. The van der Waals surface area contributed by atoms with E-state index >= 15 is 0 Å². The molecule has 2 unspecified atom stereocenters. The first kappa shape index (κ1) is 18.3. The summed E-state index contributed by atoms with van der Waals surface area (Å²) < 4.78 is 0. The normalized spacial score (nSPS) is 18.0. The van der Waals surface area contributed by atoms with Crippen LogP contribution in [0.15, 0.2) is 48.1 Å². The zero-order chi connectivity index (χ0) is 18.4. The molecule has 0 radical (unpaired) electrons. The Hall–Kier alpha value is -3.06. The molecule has 25 heavy (non-hydrogen) atoms. The third-order valence-electron chi connectivity index (χ3n) is 3.64. The third-order valence-corrected chi connectivity index (χ3v) is 3.64. The van der Waals surface area contributed by atoms with Gasteiger partial charge in [0.2, 0.25) is 5.91 Å². The molecule has 1 aliphatic rings. The van der Waals surface area contributed by atoms with Gasteiger partial charge in [-0.15, -0.1) is 0 Å². The molecule has 0 bridgehead atoms. The maximum Gasteiger partial charge on any atom is 0.326 e. The Labute approximate surface area is 144 Å². The van der Waals surface area contributed by atoms with Crippen LogP contribution in [0.25, 0.3) is 6.08 Å². The lowest BCUT2D eigenvalue weighted by atomic mass is 9.99. The van der Waals surface area contributed by atoms with Gasteiger partial charge in [-0.25, -0.2) is 4.79 Å². The van der Waals surface area contributed by atoms with E-state index in [1.165, 1.54) is 24.3 Å². The molecule has 2 rings (SSSR count). The standard InChI is InChI=1S/C18H19NO6/c20-13-5-1-11(2-6-13)9-14(18(24)25)19-17(23)8-4-12-3-7-15(21)16(22)10-12/h1-5,7-8,10,13-14,20-22H,6,9H2,(H,19,23)(H,24,25)/b8-4+. The van der Waals surface area contributed by atoms with Gasteiger partial charge in [0.05, 0.1) is 6.10 Å². The van der Waals surface area contributed by atoms with Gasteiger partial charge in [0.1, 0.15) is 6.04 Å². The Morgan fingerprint density at radius 3 is 2.64 bits per heavy atom. The Bertz CT molecular complexity index is 750. The van der Waals surface area contributed by atoms with Gasteiger partial charge in [0, 0.05) is 12.5 Å². The third kappa shape index (κ3) is 5.50. The summed E-state index contributed by atoms with van der Waals surface area (Å²) in [5, 5.41) is 39.6. The van der Waals surface area contributed by atoms with Gasteiger partial charge < -0.3 is 25.7 Å². The summed E-state index contributed by atoms with van der Waals surface area (Å²) in [6.07, 6.45) is 7.46. The summed E-state index contributed by atoms with van der Waals surface area (Å²) in [5.41, 5.74) is 1.20. The number of amides is 1. The summed E-state index contributed by atoms with van der Waals surface area (Å²) in [6, 6.07) is 2.95. The second-order valence-corrected chi connectivity index (χ2v) is 5.63. The summed E-state index contributed by atoms with van der Waals surface area (Å²) in [4.78, 5) is 23.3. The van der Waals surface area contributed by atoms with Crippen molar-refractivity contribution in [2.45, 2.75) is 25.0 Å². The smallest absolute Gasteiger partial charge is 0.326 e. The molecule has 0 aromatic heterocycles. The maximum absolute atomic E-state index is 11.9. The number of phenolic OH excluding ortho intramolecular Hbond substituents is 2. The minimum atomic E-state index is -1.16. The molecule has 0 heterocycles. The number of aliphatic hydroxyl groups excluding tert-OH is 1. The highest BCUT2D eigenvalue weighted by atomic mass is 16.4. The molecule has 1 aliphatic carbocycles. The average molecular weight is 345 g/mol. The van der Waals surface area contributed by atoms with E-state index in [1.54, 1.807) is 18.2 Å². The van der Waals surface area contributed by atoms with Crippen LogP contribution in [0.3, 0.4) is 0 Å². The zero-order valence-electron chi connectivity index (χ0n) is 13.3. The number of nitrogens with one attached hydrogen (secondary N) is 1. The molecule has 7 heteroatoms. The minimum Gasteiger partial charge on any atom is -0.504 e. The van der Waals surface area contributed by atoms with E-state index in [2.05, 4.69) is 5.32 Å². The average Bonchev–Trinajstić information content (AvgIpc) is 2.57. The van der Waals surface area contributed by atoms with E-state index in [4.69, 9.17) is 0 Å². The van der Waals surface area contributed by atoms with E-state index in [-0.39, 0.29) is 17.9 Å². The molecule has 1 aromatic carbocycles. The van der Waals surface area contributed by atoms with Gasteiger partial charge in [0.15, 0.2) is 11.5 Å². The van der Waals surface area contributed by atoms with Crippen molar-refractivity contribution in [3.63, 3.8) is 0 Å². The van der Waals surface area contributed by atoms with Crippen LogP contribution >= 0.6 is 0 Å². The number of benzene rings is 1. The van der Waals surface area contributed by atoms with Crippen LogP contribution in [-0.4, -0.2) is 44.4 Å². The number of carboxylic acids is 1. The Balaban J connectivity index is 1.97. The van der Waals surface area contributed by atoms with Crippen molar-refractivity contribution in [3.05, 3.63) is 53.6 Å². The predicted octanol–water partition coefficient (Wildman–Crippen LogP) is 1.32. The molecule has 5 N–H and O–H groups in total. The van der Waals surface area contributed by atoms with E-state index in [0.717, 1.165) is 11.6 Å². The van der Waals surface area contributed by atoms with Gasteiger partial charge in [-0.1, -0.05) is 24.3 Å². The Morgan fingerprint density at radius 2 is 2.04 bits per heavy atom. The first-order valence-electron chi connectivity index (χ1n) is 7.64. The summed E-state index contributed by atoms with van der Waals surface area (Å²) in [6.45, 7) is 0. The van der Waals surface area contributed by atoms with E-state index in [1.807, 2.05) is 0 Å². The fraction of sp³-hybridized carbons (Fsp3) is 0.222. The van der Waals surface area contributed by atoms with Crippen LogP contribution in [-0.2, 0) is 9.59 Å². The number of aromatic hydroxyl groups is 2. The maximum atomic E-state index is 11.9. The lowest BCUT2D eigenvalue weighted by molar-refractivity contribution is -0.141. The molecule has 0 spiro atoms. The summed E-state index contributed by atoms with van der Waals surface area (Å²) in [5.74, 6) is -2.35. The van der Waals surface area contributed by atoms with Crippen molar-refractivity contribution in [1.29, 1.82) is 0 Å². The molecule has 2 atom stereocenters. The van der Waals surface area contributed by atoms with E-state index < -0.39 is 24.0 Å². The number of hydrogen-bond donors (Lipinski definition) is 5. The highest BCUT2D eigenvalue weighted by Gasteiger charge is 2.20. The van der Waals surface area contributed by atoms with Crippen molar-refractivity contribution in [1.82, 2.24) is 5.32 Å². The number of phenols is 2. The number of hydrogen-bond acceptors (Lipinski definition) is 5. The topological polar surface area (TPSA) is 127 Å². The first-order valence-corrected chi connectivity index (χ1v) is 7.64. The predicted molar refractivity (Wildman–Crippen MR) is 90.8 cm³/mol. The number of aliphatic hydroxyl groups is 1. The number of carbonyl (C=O) groups is 2. The van der Waals surface area contributed by atoms with Crippen molar-refractivity contribution >= 4 is 18.0 Å². The number of allylic oxidation sites excluding steroid dienone is 1.